The fraction of sp³-hybridized carbons (Fsp3) is 0.200. The second-order valence-electron chi connectivity index (χ2n) is 7.71. The molecular formula is C25H24ClN5O2S2. The smallest absolute Gasteiger partial charge is 0.236 e. The number of hydrogen-bond acceptors (Lipinski definition) is 7. The summed E-state index contributed by atoms with van der Waals surface area (Å²) in [6, 6.07) is 13.3. The van der Waals surface area contributed by atoms with Crippen LogP contribution in [0.25, 0.3) is 11.3 Å². The van der Waals surface area contributed by atoms with Gasteiger partial charge in [0.25, 0.3) is 0 Å². The third-order valence-corrected chi connectivity index (χ3v) is 7.15. The van der Waals surface area contributed by atoms with Crippen molar-refractivity contribution in [2.75, 3.05) is 11.1 Å². The number of nitrogens with one attached hydrogen (secondary N) is 1. The van der Waals surface area contributed by atoms with E-state index in [1.807, 2.05) is 16.0 Å². The van der Waals surface area contributed by atoms with Crippen LogP contribution < -0.4 is 10.1 Å². The van der Waals surface area contributed by atoms with Gasteiger partial charge >= 0.3 is 0 Å². The van der Waals surface area contributed by atoms with Gasteiger partial charge in [0.2, 0.25) is 5.91 Å². The Morgan fingerprint density at radius 1 is 1.20 bits per heavy atom. The molecule has 0 spiro atoms. The van der Waals surface area contributed by atoms with E-state index >= 15 is 0 Å². The maximum absolute atomic E-state index is 12.6. The Morgan fingerprint density at radius 2 is 2.00 bits per heavy atom. The normalized spacial score (nSPS) is 10.8. The van der Waals surface area contributed by atoms with Gasteiger partial charge in [0.05, 0.1) is 11.4 Å². The second kappa shape index (κ2) is 11.5. The van der Waals surface area contributed by atoms with Gasteiger partial charge in [0.1, 0.15) is 12.4 Å². The lowest BCUT2D eigenvalue weighted by Crippen LogP contribution is -2.15. The van der Waals surface area contributed by atoms with E-state index in [0.29, 0.717) is 33.4 Å². The fourth-order valence-electron chi connectivity index (χ4n) is 3.17. The zero-order valence-corrected chi connectivity index (χ0v) is 21.7. The van der Waals surface area contributed by atoms with Crippen molar-refractivity contribution < 1.29 is 9.53 Å². The van der Waals surface area contributed by atoms with Crippen LogP contribution in [-0.2, 0) is 17.9 Å². The zero-order chi connectivity index (χ0) is 24.8. The predicted molar refractivity (Wildman–Crippen MR) is 142 cm³/mol. The number of allylic oxidation sites excluding steroid dienone is 1. The molecule has 1 N–H and O–H groups in total. The Kier molecular flexibility index (Phi) is 8.22. The van der Waals surface area contributed by atoms with Crippen LogP contribution in [0.2, 0.25) is 5.02 Å². The van der Waals surface area contributed by atoms with Crippen molar-refractivity contribution in [1.82, 2.24) is 19.7 Å². The standard InChI is InChI=1S/C25H24ClN5O2S2/c1-4-11-31-22(13-33-20-9-7-19(26)8-10-20)29-30-25(31)35-15-23(32)28-24-27-21(14-34-24)18-6-5-16(2)17(3)12-18/h4-10,12,14H,1,11,13,15H2,2-3H3,(H,27,28,32). The van der Waals surface area contributed by atoms with E-state index in [0.717, 1.165) is 11.3 Å². The lowest BCUT2D eigenvalue weighted by atomic mass is 10.1. The number of carbonyl (C=O) groups is 1. The number of rotatable bonds is 10. The number of benzene rings is 2. The largest absolute Gasteiger partial charge is 0.486 e. The van der Waals surface area contributed by atoms with Gasteiger partial charge in [0.15, 0.2) is 16.1 Å². The average molecular weight is 526 g/mol. The highest BCUT2D eigenvalue weighted by atomic mass is 35.5. The molecule has 10 heteroatoms. The van der Waals surface area contributed by atoms with Gasteiger partial charge in [-0.2, -0.15) is 0 Å². The molecule has 4 aromatic rings. The SMILES string of the molecule is C=CCn1c(COc2ccc(Cl)cc2)nnc1SCC(=O)Nc1nc(-c2ccc(C)c(C)c2)cs1. The van der Waals surface area contributed by atoms with Crippen LogP contribution >= 0.6 is 34.7 Å². The molecule has 0 radical (unpaired) electrons. The summed E-state index contributed by atoms with van der Waals surface area (Å²) in [7, 11) is 0. The number of aromatic nitrogens is 4. The van der Waals surface area contributed by atoms with Crippen molar-refractivity contribution in [3.05, 3.63) is 82.5 Å². The number of halogens is 1. The van der Waals surface area contributed by atoms with Crippen molar-refractivity contribution in [1.29, 1.82) is 0 Å². The van der Waals surface area contributed by atoms with Gasteiger partial charge in [-0.1, -0.05) is 41.6 Å². The summed E-state index contributed by atoms with van der Waals surface area (Å²) < 4.78 is 7.67. The van der Waals surface area contributed by atoms with Crippen LogP contribution in [0, 0.1) is 13.8 Å². The number of carbonyl (C=O) groups excluding carboxylic acids is 1. The quantitative estimate of drug-likeness (QED) is 0.197. The Labute approximate surface area is 217 Å². The summed E-state index contributed by atoms with van der Waals surface area (Å²) in [6.45, 7) is 8.69. The van der Waals surface area contributed by atoms with Crippen molar-refractivity contribution in [2.45, 2.75) is 32.2 Å². The Hall–Kier alpha value is -3.14. The van der Waals surface area contributed by atoms with Crippen LogP contribution in [-0.4, -0.2) is 31.4 Å². The molecule has 4 rings (SSSR count). The van der Waals surface area contributed by atoms with E-state index in [1.54, 1.807) is 30.3 Å². The van der Waals surface area contributed by atoms with Gasteiger partial charge < -0.3 is 10.1 Å². The Bertz CT molecular complexity index is 1330. The number of nitrogens with zero attached hydrogens (tertiary/aromatic N) is 4. The minimum absolute atomic E-state index is 0.164. The number of hydrogen-bond donors (Lipinski definition) is 1. The number of ether oxygens (including phenoxy) is 1. The van der Waals surface area contributed by atoms with Crippen LogP contribution in [0.4, 0.5) is 5.13 Å². The minimum atomic E-state index is -0.164. The molecule has 2 heterocycles. The molecule has 0 saturated heterocycles. The molecule has 0 aliphatic heterocycles. The maximum Gasteiger partial charge on any atom is 0.236 e. The third kappa shape index (κ3) is 6.50. The van der Waals surface area contributed by atoms with Crippen LogP contribution in [0.3, 0.4) is 0 Å². The molecule has 0 atom stereocenters. The van der Waals surface area contributed by atoms with Crippen molar-refractivity contribution in [2.24, 2.45) is 0 Å². The molecule has 0 bridgehead atoms. The molecule has 7 nitrogen and oxygen atoms in total. The van der Waals surface area contributed by atoms with Gasteiger partial charge in [-0.25, -0.2) is 4.98 Å². The van der Waals surface area contributed by atoms with E-state index in [4.69, 9.17) is 16.3 Å². The van der Waals surface area contributed by atoms with Gasteiger partial charge in [-0.3, -0.25) is 9.36 Å². The molecule has 2 aromatic heterocycles. The van der Waals surface area contributed by atoms with Crippen LogP contribution in [0.15, 0.2) is 65.7 Å². The van der Waals surface area contributed by atoms with Crippen LogP contribution in [0.5, 0.6) is 5.75 Å². The van der Waals surface area contributed by atoms with Gasteiger partial charge in [0, 0.05) is 22.5 Å². The van der Waals surface area contributed by atoms with E-state index < -0.39 is 0 Å². The molecule has 180 valence electrons. The lowest BCUT2D eigenvalue weighted by molar-refractivity contribution is -0.113. The molecule has 0 aliphatic rings. The topological polar surface area (TPSA) is 81.9 Å². The first-order chi connectivity index (χ1) is 16.9. The van der Waals surface area contributed by atoms with Crippen LogP contribution in [0.1, 0.15) is 17.0 Å². The molecule has 1 amide bonds. The van der Waals surface area contributed by atoms with Gasteiger partial charge in [-0.15, -0.1) is 28.1 Å². The second-order valence-corrected chi connectivity index (χ2v) is 9.95. The van der Waals surface area contributed by atoms with E-state index in [1.165, 1.54) is 34.2 Å². The van der Waals surface area contributed by atoms with E-state index in [9.17, 15) is 4.79 Å². The summed E-state index contributed by atoms with van der Waals surface area (Å²) in [5.74, 6) is 1.33. The highest BCUT2D eigenvalue weighted by Gasteiger charge is 2.15. The summed E-state index contributed by atoms with van der Waals surface area (Å²) in [5, 5.41) is 15.1. The summed E-state index contributed by atoms with van der Waals surface area (Å²) in [4.78, 5) is 17.1. The predicted octanol–water partition coefficient (Wildman–Crippen LogP) is 6.17. The number of anilines is 1. The number of thioether (sulfide) groups is 1. The number of aryl methyl sites for hydroxylation is 2. The first-order valence-electron chi connectivity index (χ1n) is 10.8. The lowest BCUT2D eigenvalue weighted by Gasteiger charge is -2.09. The first kappa shape index (κ1) is 25.0. The van der Waals surface area contributed by atoms with E-state index in [2.05, 4.69) is 53.1 Å². The molecule has 2 aromatic carbocycles. The zero-order valence-electron chi connectivity index (χ0n) is 19.3. The Morgan fingerprint density at radius 3 is 2.74 bits per heavy atom. The first-order valence-corrected chi connectivity index (χ1v) is 13.0. The summed E-state index contributed by atoms with van der Waals surface area (Å²) in [6.07, 6.45) is 1.75. The van der Waals surface area contributed by atoms with Crippen molar-refractivity contribution >= 4 is 45.7 Å². The monoisotopic (exact) mass is 525 g/mol. The molecule has 0 saturated carbocycles. The highest BCUT2D eigenvalue weighted by Crippen LogP contribution is 2.27. The van der Waals surface area contributed by atoms with E-state index in [-0.39, 0.29) is 18.3 Å². The fourth-order valence-corrected chi connectivity index (χ4v) is 4.80. The molecule has 35 heavy (non-hydrogen) atoms. The molecule has 0 unspecified atom stereocenters. The number of amides is 1. The Balaban J connectivity index is 1.35. The molecular weight excluding hydrogens is 502 g/mol. The third-order valence-electron chi connectivity index (χ3n) is 5.17. The molecule has 0 aliphatic carbocycles. The van der Waals surface area contributed by atoms with Crippen molar-refractivity contribution in [3.8, 4) is 17.0 Å². The average Bonchev–Trinajstić information content (AvgIpc) is 3.46. The minimum Gasteiger partial charge on any atom is -0.486 e. The maximum atomic E-state index is 12.6. The highest BCUT2D eigenvalue weighted by molar-refractivity contribution is 7.99. The van der Waals surface area contributed by atoms with Gasteiger partial charge in [-0.05, 0) is 55.3 Å². The summed E-state index contributed by atoms with van der Waals surface area (Å²) in [5.41, 5.74) is 4.32. The molecule has 0 fully saturated rings. The summed E-state index contributed by atoms with van der Waals surface area (Å²) >= 11 is 8.62. The number of thiazole rings is 1. The van der Waals surface area contributed by atoms with Crippen molar-refractivity contribution in [3.63, 3.8) is 0 Å².